The van der Waals surface area contributed by atoms with Crippen LogP contribution in [-0.2, 0) is 16.8 Å². The van der Waals surface area contributed by atoms with Crippen LogP contribution in [0.3, 0.4) is 0 Å². The van der Waals surface area contributed by atoms with Gasteiger partial charge in [0.2, 0.25) is 5.95 Å². The smallest absolute Gasteiger partial charge is 0.221 e. The summed E-state index contributed by atoms with van der Waals surface area (Å²) in [5.41, 5.74) is 0.554. The molecule has 23 heavy (non-hydrogen) atoms. The van der Waals surface area contributed by atoms with Crippen LogP contribution in [0.2, 0.25) is 0 Å². The van der Waals surface area contributed by atoms with Crippen molar-refractivity contribution in [3.8, 4) is 0 Å². The zero-order valence-corrected chi connectivity index (χ0v) is 12.2. The first-order chi connectivity index (χ1) is 11.2. The van der Waals surface area contributed by atoms with Crippen molar-refractivity contribution in [1.82, 2.24) is 15.0 Å². The van der Waals surface area contributed by atoms with E-state index in [2.05, 4.69) is 25.3 Å². The Bertz CT molecular complexity index is 791. The van der Waals surface area contributed by atoms with Crippen molar-refractivity contribution in [3.63, 3.8) is 0 Å². The molecule has 0 aliphatic carbocycles. The Morgan fingerprint density at radius 1 is 1.26 bits per heavy atom. The van der Waals surface area contributed by atoms with Crippen LogP contribution in [0.25, 0.3) is 0 Å². The predicted octanol–water partition coefficient (Wildman–Crippen LogP) is 0.947. The first kappa shape index (κ1) is 14.2. The van der Waals surface area contributed by atoms with Crippen molar-refractivity contribution in [3.05, 3.63) is 41.2 Å². The number of hydrogen-bond donors (Lipinski definition) is 2. The van der Waals surface area contributed by atoms with Crippen LogP contribution in [0.1, 0.15) is 16.8 Å². The molecule has 0 saturated carbocycles. The molecule has 0 amide bonds. The van der Waals surface area contributed by atoms with Crippen molar-refractivity contribution in [2.45, 2.75) is 12.0 Å². The van der Waals surface area contributed by atoms with E-state index in [1.807, 2.05) is 0 Å². The minimum absolute atomic E-state index is 0.0805. The Kier molecular flexibility index (Phi) is 3.28. The number of nitrogens with one attached hydrogen (secondary N) is 1. The first-order valence-corrected chi connectivity index (χ1v) is 7.24. The lowest BCUT2D eigenvalue weighted by Gasteiger charge is -2.36. The highest BCUT2D eigenvalue weighted by Gasteiger charge is 2.40. The molecule has 2 aliphatic rings. The molecule has 0 aromatic carbocycles. The number of aliphatic hydroxyl groups is 1. The van der Waals surface area contributed by atoms with Crippen LogP contribution in [-0.4, -0.2) is 46.0 Å². The summed E-state index contributed by atoms with van der Waals surface area (Å²) in [6, 6.07) is 3.13. The highest BCUT2D eigenvalue weighted by Crippen LogP contribution is 2.31. The molecule has 2 aliphatic heterocycles. The average molecular weight is 315 g/mol. The molecule has 4 heterocycles. The fourth-order valence-corrected chi connectivity index (χ4v) is 2.64. The Hall–Kier alpha value is -2.45. The molecule has 1 fully saturated rings. The molecule has 2 aromatic rings. The SMILES string of the molecule is OC1(c2ccc(Nc3ncnc4c3CCN=C4)nc2F)COC1. The third kappa shape index (κ3) is 2.45. The van der Waals surface area contributed by atoms with Gasteiger partial charge in [-0.15, -0.1) is 0 Å². The lowest BCUT2D eigenvalue weighted by atomic mass is 9.93. The van der Waals surface area contributed by atoms with E-state index in [1.165, 1.54) is 12.4 Å². The molecule has 0 spiro atoms. The maximum absolute atomic E-state index is 14.2. The van der Waals surface area contributed by atoms with Gasteiger partial charge in [0, 0.05) is 23.9 Å². The Balaban J connectivity index is 1.63. The lowest BCUT2D eigenvalue weighted by molar-refractivity contribution is -0.186. The molecular weight excluding hydrogens is 301 g/mol. The van der Waals surface area contributed by atoms with Crippen LogP contribution in [0.4, 0.5) is 16.0 Å². The Morgan fingerprint density at radius 2 is 2.13 bits per heavy atom. The van der Waals surface area contributed by atoms with Crippen LogP contribution in [0, 0.1) is 5.95 Å². The highest BCUT2D eigenvalue weighted by atomic mass is 19.1. The molecule has 0 unspecified atom stereocenters. The summed E-state index contributed by atoms with van der Waals surface area (Å²) in [7, 11) is 0. The van der Waals surface area contributed by atoms with Crippen molar-refractivity contribution >= 4 is 17.9 Å². The van der Waals surface area contributed by atoms with Gasteiger partial charge in [0.15, 0.2) is 0 Å². The number of hydrogen-bond acceptors (Lipinski definition) is 7. The largest absolute Gasteiger partial charge is 0.380 e. The lowest BCUT2D eigenvalue weighted by Crippen LogP contribution is -2.47. The summed E-state index contributed by atoms with van der Waals surface area (Å²) >= 11 is 0. The van der Waals surface area contributed by atoms with E-state index in [0.29, 0.717) is 24.6 Å². The Morgan fingerprint density at radius 3 is 2.87 bits per heavy atom. The number of aliphatic imine (C=N–C) groups is 1. The van der Waals surface area contributed by atoms with Gasteiger partial charge in [-0.05, 0) is 18.6 Å². The maximum atomic E-state index is 14.2. The van der Waals surface area contributed by atoms with E-state index < -0.39 is 11.5 Å². The molecule has 0 bridgehead atoms. The zero-order chi connectivity index (χ0) is 15.9. The molecule has 1 saturated heterocycles. The second-order valence-corrected chi connectivity index (χ2v) is 5.56. The van der Waals surface area contributed by atoms with Crippen LogP contribution < -0.4 is 5.32 Å². The van der Waals surface area contributed by atoms with Gasteiger partial charge in [-0.2, -0.15) is 4.39 Å². The van der Waals surface area contributed by atoms with Gasteiger partial charge in [-0.3, -0.25) is 4.99 Å². The molecule has 0 atom stereocenters. The highest BCUT2D eigenvalue weighted by molar-refractivity contribution is 5.82. The van der Waals surface area contributed by atoms with Crippen LogP contribution in [0.15, 0.2) is 23.5 Å². The fourth-order valence-electron chi connectivity index (χ4n) is 2.64. The van der Waals surface area contributed by atoms with Crippen molar-refractivity contribution in [1.29, 1.82) is 0 Å². The molecule has 0 radical (unpaired) electrons. The van der Waals surface area contributed by atoms with Crippen molar-refractivity contribution < 1.29 is 14.2 Å². The summed E-state index contributed by atoms with van der Waals surface area (Å²) in [6.07, 6.45) is 3.85. The van der Waals surface area contributed by atoms with Crippen LogP contribution >= 0.6 is 0 Å². The number of pyridine rings is 1. The van der Waals surface area contributed by atoms with Gasteiger partial charge in [-0.1, -0.05) is 0 Å². The molecule has 4 rings (SSSR count). The second-order valence-electron chi connectivity index (χ2n) is 5.56. The maximum Gasteiger partial charge on any atom is 0.221 e. The first-order valence-electron chi connectivity index (χ1n) is 7.24. The quantitative estimate of drug-likeness (QED) is 0.819. The second kappa shape index (κ2) is 5.32. The molecular formula is C15H14FN5O2. The van der Waals surface area contributed by atoms with E-state index in [-0.39, 0.29) is 18.8 Å². The van der Waals surface area contributed by atoms with Crippen LogP contribution in [0.5, 0.6) is 0 Å². The van der Waals surface area contributed by atoms with E-state index in [0.717, 1.165) is 11.3 Å². The van der Waals surface area contributed by atoms with E-state index in [1.54, 1.807) is 12.3 Å². The minimum atomic E-state index is -1.28. The van der Waals surface area contributed by atoms with E-state index >= 15 is 0 Å². The third-order valence-corrected chi connectivity index (χ3v) is 3.96. The van der Waals surface area contributed by atoms with Crippen molar-refractivity contribution in [2.75, 3.05) is 25.1 Å². The molecule has 8 heteroatoms. The normalized spacial score (nSPS) is 18.2. The van der Waals surface area contributed by atoms with Gasteiger partial charge >= 0.3 is 0 Å². The summed E-state index contributed by atoms with van der Waals surface area (Å²) in [5, 5.41) is 13.2. The number of ether oxygens (including phenoxy) is 1. The van der Waals surface area contributed by atoms with E-state index in [4.69, 9.17) is 4.74 Å². The summed E-state index contributed by atoms with van der Waals surface area (Å²) in [4.78, 5) is 16.4. The number of rotatable bonds is 3. The number of anilines is 2. The molecule has 2 aromatic heterocycles. The fraction of sp³-hybridized carbons (Fsp3) is 0.333. The van der Waals surface area contributed by atoms with Gasteiger partial charge in [0.05, 0.1) is 18.9 Å². The molecule has 118 valence electrons. The van der Waals surface area contributed by atoms with E-state index in [9.17, 15) is 9.50 Å². The molecule has 2 N–H and O–H groups in total. The standard InChI is InChI=1S/C15H14FN5O2/c16-13-10(15(22)6-23-7-15)1-2-12(20-13)21-14-9-3-4-17-5-11(9)18-8-19-14/h1-2,5,8,22H,3-4,6-7H2,(H,18,19,20,21). The minimum Gasteiger partial charge on any atom is -0.380 e. The summed E-state index contributed by atoms with van der Waals surface area (Å²) in [5.74, 6) is 0.190. The number of nitrogens with zero attached hydrogens (tertiary/aromatic N) is 4. The third-order valence-electron chi connectivity index (χ3n) is 3.96. The average Bonchev–Trinajstić information content (AvgIpc) is 2.53. The monoisotopic (exact) mass is 315 g/mol. The van der Waals surface area contributed by atoms with Gasteiger partial charge in [-0.25, -0.2) is 15.0 Å². The molecule has 7 nitrogen and oxygen atoms in total. The summed E-state index contributed by atoms with van der Waals surface area (Å²) < 4.78 is 19.1. The summed E-state index contributed by atoms with van der Waals surface area (Å²) in [6.45, 7) is 0.830. The zero-order valence-electron chi connectivity index (χ0n) is 12.2. The Labute approximate surface area is 131 Å². The number of fused-ring (bicyclic) bond motifs is 1. The van der Waals surface area contributed by atoms with Crippen molar-refractivity contribution in [2.24, 2.45) is 4.99 Å². The van der Waals surface area contributed by atoms with Gasteiger partial charge in [0.1, 0.15) is 23.6 Å². The predicted molar refractivity (Wildman–Crippen MR) is 80.4 cm³/mol. The van der Waals surface area contributed by atoms with Gasteiger partial charge < -0.3 is 15.2 Å². The van der Waals surface area contributed by atoms with Gasteiger partial charge in [0.25, 0.3) is 0 Å². The topological polar surface area (TPSA) is 92.5 Å². The number of halogens is 1. The number of aromatic nitrogens is 3.